The Bertz CT molecular complexity index is 526. The van der Waals surface area contributed by atoms with Crippen LogP contribution in [0.5, 0.6) is 0 Å². The lowest BCUT2D eigenvalue weighted by Gasteiger charge is -2.27. The SMILES string of the molecule is O=C1C[C@@H]([NH+]2CCOCC2)C(=O)N1c1ccc(Br)cc1. The lowest BCUT2D eigenvalue weighted by Crippen LogP contribution is -3.18. The molecule has 1 N–H and O–H groups in total. The average Bonchev–Trinajstić information content (AvgIpc) is 2.76. The average molecular weight is 340 g/mol. The largest absolute Gasteiger partial charge is 0.370 e. The Balaban J connectivity index is 1.81. The van der Waals surface area contributed by atoms with Crippen LogP contribution in [0.15, 0.2) is 28.7 Å². The van der Waals surface area contributed by atoms with Crippen LogP contribution in [0.4, 0.5) is 5.69 Å². The van der Waals surface area contributed by atoms with Crippen molar-refractivity contribution in [3.8, 4) is 0 Å². The number of halogens is 1. The maximum Gasteiger partial charge on any atom is 0.292 e. The van der Waals surface area contributed by atoms with Crippen LogP contribution in [-0.4, -0.2) is 44.2 Å². The van der Waals surface area contributed by atoms with Crippen LogP contribution in [0.1, 0.15) is 6.42 Å². The van der Waals surface area contributed by atoms with Gasteiger partial charge in [0.25, 0.3) is 5.91 Å². The van der Waals surface area contributed by atoms with Gasteiger partial charge in [-0.2, -0.15) is 0 Å². The lowest BCUT2D eigenvalue weighted by molar-refractivity contribution is -0.922. The number of amides is 2. The highest BCUT2D eigenvalue weighted by Crippen LogP contribution is 2.23. The van der Waals surface area contributed by atoms with Gasteiger partial charge in [-0.15, -0.1) is 0 Å². The summed E-state index contributed by atoms with van der Waals surface area (Å²) >= 11 is 3.35. The Morgan fingerprint density at radius 2 is 1.80 bits per heavy atom. The van der Waals surface area contributed by atoms with Crippen LogP contribution >= 0.6 is 15.9 Å². The van der Waals surface area contributed by atoms with E-state index in [0.717, 1.165) is 22.5 Å². The van der Waals surface area contributed by atoms with Crippen molar-refractivity contribution in [2.45, 2.75) is 12.5 Å². The molecule has 3 rings (SSSR count). The Hall–Kier alpha value is -1.24. The number of carbonyl (C=O) groups excluding carboxylic acids is 2. The fourth-order valence-corrected chi connectivity index (χ4v) is 3.06. The number of anilines is 1. The minimum Gasteiger partial charge on any atom is -0.370 e. The minimum absolute atomic E-state index is 0.0887. The fraction of sp³-hybridized carbons (Fsp3) is 0.429. The highest BCUT2D eigenvalue weighted by Gasteiger charge is 2.45. The van der Waals surface area contributed by atoms with Gasteiger partial charge in [-0.25, -0.2) is 4.90 Å². The van der Waals surface area contributed by atoms with Gasteiger partial charge < -0.3 is 9.64 Å². The molecule has 0 aliphatic carbocycles. The molecule has 0 spiro atoms. The van der Waals surface area contributed by atoms with Crippen molar-refractivity contribution in [2.75, 3.05) is 31.2 Å². The van der Waals surface area contributed by atoms with Crippen LogP contribution in [0.3, 0.4) is 0 Å². The monoisotopic (exact) mass is 339 g/mol. The first-order valence-corrected chi connectivity index (χ1v) is 7.51. The first-order valence-electron chi connectivity index (χ1n) is 6.71. The van der Waals surface area contributed by atoms with Gasteiger partial charge in [0.05, 0.1) is 25.3 Å². The summed E-state index contributed by atoms with van der Waals surface area (Å²) in [6.07, 6.45) is 0.296. The zero-order chi connectivity index (χ0) is 14.1. The van der Waals surface area contributed by atoms with Crippen molar-refractivity contribution in [3.63, 3.8) is 0 Å². The molecule has 2 aliphatic heterocycles. The first kappa shape index (κ1) is 13.7. The van der Waals surface area contributed by atoms with Gasteiger partial charge in [0.1, 0.15) is 13.1 Å². The summed E-state index contributed by atoms with van der Waals surface area (Å²) in [7, 11) is 0. The maximum atomic E-state index is 12.5. The van der Waals surface area contributed by atoms with E-state index in [2.05, 4.69) is 15.9 Å². The number of benzene rings is 1. The van der Waals surface area contributed by atoms with Gasteiger partial charge >= 0.3 is 0 Å². The summed E-state index contributed by atoms with van der Waals surface area (Å²) in [4.78, 5) is 27.2. The highest BCUT2D eigenvalue weighted by atomic mass is 79.9. The summed E-state index contributed by atoms with van der Waals surface area (Å²) in [6, 6.07) is 7.00. The highest BCUT2D eigenvalue weighted by molar-refractivity contribution is 9.10. The first-order chi connectivity index (χ1) is 9.66. The predicted molar refractivity (Wildman–Crippen MR) is 76.6 cm³/mol. The van der Waals surface area contributed by atoms with E-state index in [9.17, 15) is 9.59 Å². The number of quaternary nitrogens is 1. The Morgan fingerprint density at radius 1 is 1.15 bits per heavy atom. The van der Waals surface area contributed by atoms with Gasteiger partial charge in [-0.05, 0) is 24.3 Å². The van der Waals surface area contributed by atoms with Gasteiger partial charge in [0, 0.05) is 4.47 Å². The van der Waals surface area contributed by atoms with Gasteiger partial charge in [0.2, 0.25) is 5.91 Å². The van der Waals surface area contributed by atoms with Crippen molar-refractivity contribution in [1.29, 1.82) is 0 Å². The van der Waals surface area contributed by atoms with Crippen LogP contribution in [0, 0.1) is 0 Å². The van der Waals surface area contributed by atoms with Gasteiger partial charge in [-0.3, -0.25) is 9.59 Å². The zero-order valence-electron chi connectivity index (χ0n) is 11.0. The molecular weight excluding hydrogens is 324 g/mol. The molecule has 0 saturated carbocycles. The van der Waals surface area contributed by atoms with E-state index < -0.39 is 0 Å². The molecule has 2 heterocycles. The van der Waals surface area contributed by atoms with Crippen molar-refractivity contribution in [1.82, 2.24) is 0 Å². The zero-order valence-corrected chi connectivity index (χ0v) is 12.6. The normalized spacial score (nSPS) is 24.4. The summed E-state index contributed by atoms with van der Waals surface area (Å²) in [6.45, 7) is 2.90. The van der Waals surface area contributed by atoms with E-state index in [1.807, 2.05) is 12.1 Å². The lowest BCUT2D eigenvalue weighted by atomic mass is 10.2. The second-order valence-corrected chi connectivity index (χ2v) is 5.99. The van der Waals surface area contributed by atoms with Crippen LogP contribution in [0.25, 0.3) is 0 Å². The van der Waals surface area contributed by atoms with E-state index in [0.29, 0.717) is 25.3 Å². The standard InChI is InChI=1S/C14H15BrN2O3/c15-10-1-3-11(4-2-10)17-13(18)9-12(14(17)19)16-5-7-20-8-6-16/h1-4,12H,5-9H2/p+1/t12-/m1/s1. The number of hydrogen-bond acceptors (Lipinski definition) is 3. The Kier molecular flexibility index (Phi) is 3.87. The summed E-state index contributed by atoms with van der Waals surface area (Å²) in [5.74, 6) is -0.199. The van der Waals surface area contributed by atoms with Crippen molar-refractivity contribution >= 4 is 33.4 Å². The molecule has 0 unspecified atom stereocenters. The fourth-order valence-electron chi connectivity index (χ4n) is 2.79. The quantitative estimate of drug-likeness (QED) is 0.771. The molecule has 1 atom stereocenters. The molecule has 1 aromatic carbocycles. The topological polar surface area (TPSA) is 51.1 Å². The molecule has 6 heteroatoms. The predicted octanol–water partition coefficient (Wildman–Crippen LogP) is -0.00390. The molecule has 106 valence electrons. The van der Waals surface area contributed by atoms with Crippen LogP contribution < -0.4 is 9.80 Å². The van der Waals surface area contributed by atoms with E-state index in [-0.39, 0.29) is 17.9 Å². The molecule has 2 aliphatic rings. The number of nitrogens with one attached hydrogen (secondary N) is 1. The maximum absolute atomic E-state index is 12.5. The molecule has 0 bridgehead atoms. The number of morpholine rings is 1. The van der Waals surface area contributed by atoms with E-state index in [1.165, 1.54) is 4.90 Å². The minimum atomic E-state index is -0.255. The Morgan fingerprint density at radius 3 is 2.45 bits per heavy atom. The van der Waals surface area contributed by atoms with Crippen molar-refractivity contribution < 1.29 is 19.2 Å². The summed E-state index contributed by atoms with van der Waals surface area (Å²) in [5, 5.41) is 0. The molecule has 1 aromatic rings. The number of ether oxygens (including phenoxy) is 1. The third-order valence-electron chi connectivity index (χ3n) is 3.86. The molecule has 2 saturated heterocycles. The van der Waals surface area contributed by atoms with Crippen molar-refractivity contribution in [3.05, 3.63) is 28.7 Å². The van der Waals surface area contributed by atoms with E-state index in [1.54, 1.807) is 12.1 Å². The summed E-state index contributed by atoms with van der Waals surface area (Å²) < 4.78 is 6.24. The smallest absolute Gasteiger partial charge is 0.292 e. The van der Waals surface area contributed by atoms with Crippen LogP contribution in [0.2, 0.25) is 0 Å². The third-order valence-corrected chi connectivity index (χ3v) is 4.39. The molecule has 5 nitrogen and oxygen atoms in total. The second-order valence-electron chi connectivity index (χ2n) is 5.07. The van der Waals surface area contributed by atoms with Gasteiger partial charge in [0.15, 0.2) is 6.04 Å². The van der Waals surface area contributed by atoms with Gasteiger partial charge in [-0.1, -0.05) is 15.9 Å². The molecule has 2 fully saturated rings. The number of rotatable bonds is 2. The Labute approximate surface area is 125 Å². The summed E-state index contributed by atoms with van der Waals surface area (Å²) in [5.41, 5.74) is 0.651. The third kappa shape index (κ3) is 2.51. The number of hydrogen-bond donors (Lipinski definition) is 1. The van der Waals surface area contributed by atoms with E-state index >= 15 is 0 Å². The van der Waals surface area contributed by atoms with Crippen LogP contribution in [-0.2, 0) is 14.3 Å². The number of imide groups is 1. The second kappa shape index (κ2) is 5.63. The van der Waals surface area contributed by atoms with Crippen molar-refractivity contribution in [2.24, 2.45) is 0 Å². The molecule has 0 radical (unpaired) electrons. The molecule has 0 aromatic heterocycles. The number of carbonyl (C=O) groups is 2. The molecule has 20 heavy (non-hydrogen) atoms. The molecular formula is C14H16BrN2O3+. The number of nitrogens with zero attached hydrogens (tertiary/aromatic N) is 1. The van der Waals surface area contributed by atoms with E-state index in [4.69, 9.17) is 4.74 Å². The molecule has 2 amide bonds.